The molecule has 0 saturated carbocycles. The van der Waals surface area contributed by atoms with Crippen molar-refractivity contribution < 1.29 is 8.83 Å². The van der Waals surface area contributed by atoms with Crippen LogP contribution in [0.3, 0.4) is 0 Å². The van der Waals surface area contributed by atoms with E-state index in [1.54, 1.807) is 0 Å². The fourth-order valence-electron chi connectivity index (χ4n) is 8.32. The number of rotatable bonds is 5. The van der Waals surface area contributed by atoms with Crippen molar-refractivity contribution in [3.63, 3.8) is 0 Å². The van der Waals surface area contributed by atoms with Crippen LogP contribution in [0.1, 0.15) is 0 Å². The van der Waals surface area contributed by atoms with Crippen molar-refractivity contribution in [1.29, 1.82) is 0 Å². The lowest BCUT2D eigenvalue weighted by Crippen LogP contribution is -2.00. The third-order valence-electron chi connectivity index (χ3n) is 11.0. The normalized spacial score (nSPS) is 11.9. The second-order valence-electron chi connectivity index (χ2n) is 14.3. The smallest absolute Gasteiger partial charge is 0.167 e. The van der Waals surface area contributed by atoms with Gasteiger partial charge in [-0.2, -0.15) is 0 Å². The van der Waals surface area contributed by atoms with Gasteiger partial charge in [0.25, 0.3) is 0 Å². The summed E-state index contributed by atoms with van der Waals surface area (Å²) in [6.45, 7) is 0. The number of aromatic nitrogens is 3. The molecule has 0 saturated heterocycles. The summed E-state index contributed by atoms with van der Waals surface area (Å²) in [5.74, 6) is 1.67. The van der Waals surface area contributed by atoms with E-state index in [0.717, 1.165) is 71.7 Å². The van der Waals surface area contributed by atoms with Crippen molar-refractivity contribution in [2.45, 2.75) is 0 Å². The molecule has 0 aliphatic rings. The lowest BCUT2D eigenvalue weighted by Gasteiger charge is -2.11. The van der Waals surface area contributed by atoms with Gasteiger partial charge in [0.15, 0.2) is 17.5 Å². The van der Waals surface area contributed by atoms with Crippen LogP contribution in [0.4, 0.5) is 0 Å². The molecule has 266 valence electrons. The maximum absolute atomic E-state index is 6.48. The van der Waals surface area contributed by atoms with Gasteiger partial charge in [-0.05, 0) is 64.7 Å². The van der Waals surface area contributed by atoms with Crippen LogP contribution in [0.25, 0.3) is 120 Å². The molecule has 57 heavy (non-hydrogen) atoms. The number of fused-ring (bicyclic) bond motifs is 9. The number of para-hydroxylation sites is 3. The molecule has 0 radical (unpaired) electrons. The maximum Gasteiger partial charge on any atom is 0.167 e. The Labute approximate surface area is 330 Å². The summed E-state index contributed by atoms with van der Waals surface area (Å²) < 4.78 is 15.4. The molecule has 0 aliphatic heterocycles. The van der Waals surface area contributed by atoms with Crippen LogP contribution in [-0.2, 0) is 0 Å². The van der Waals surface area contributed by atoms with E-state index in [9.17, 15) is 0 Å². The monoisotopic (exact) mass is 747 g/mol. The van der Waals surface area contributed by atoms with Gasteiger partial charge in [-0.3, -0.25) is 0 Å². The molecule has 4 heterocycles. The molecule has 5 nitrogen and oxygen atoms in total. The van der Waals surface area contributed by atoms with Gasteiger partial charge in [0, 0.05) is 52.8 Å². The summed E-state index contributed by atoms with van der Waals surface area (Å²) in [6, 6.07) is 61.0. The molecule has 12 aromatic rings. The zero-order valence-corrected chi connectivity index (χ0v) is 31.1. The van der Waals surface area contributed by atoms with Crippen molar-refractivity contribution in [2.24, 2.45) is 0 Å². The maximum atomic E-state index is 6.48. The third kappa shape index (κ3) is 5.12. The molecule has 0 amide bonds. The lowest BCUT2D eigenvalue weighted by atomic mass is 9.95. The van der Waals surface area contributed by atoms with Crippen LogP contribution in [0.15, 0.2) is 185 Å². The first-order valence-electron chi connectivity index (χ1n) is 18.9. The predicted molar refractivity (Wildman–Crippen MR) is 234 cm³/mol. The van der Waals surface area contributed by atoms with Crippen molar-refractivity contribution in [1.82, 2.24) is 15.0 Å². The van der Waals surface area contributed by atoms with Crippen LogP contribution < -0.4 is 0 Å². The quantitative estimate of drug-likeness (QED) is 0.175. The topological polar surface area (TPSA) is 65.0 Å². The Morgan fingerprint density at radius 1 is 0.333 bits per heavy atom. The molecular formula is C51H29N3O2S. The first kappa shape index (κ1) is 31.9. The van der Waals surface area contributed by atoms with Gasteiger partial charge >= 0.3 is 0 Å². The molecule has 4 aromatic heterocycles. The van der Waals surface area contributed by atoms with Gasteiger partial charge in [0.2, 0.25) is 0 Å². The summed E-state index contributed by atoms with van der Waals surface area (Å²) in [7, 11) is 0. The van der Waals surface area contributed by atoms with Crippen LogP contribution in [0.5, 0.6) is 0 Å². The standard InChI is InChI=1S/C51H29N3O2S/c1-4-20-41-35(13-1)36-17-8-19-40(48(36)56-41)51-53-49(52-50(54-51)39-18-9-22-43-46(39)37-14-2-5-21-42(37)55-43)31-27-25-30(26-28-31)32-11-7-12-33(29-32)34-16-10-24-45-47(34)38-15-3-6-23-44(38)57-45/h1-29H. The Kier molecular flexibility index (Phi) is 7.03. The summed E-state index contributed by atoms with van der Waals surface area (Å²) >= 11 is 1.85. The zero-order valence-electron chi connectivity index (χ0n) is 30.3. The molecule has 0 unspecified atom stereocenters. The molecular weight excluding hydrogens is 719 g/mol. The van der Waals surface area contributed by atoms with Gasteiger partial charge in [-0.1, -0.05) is 133 Å². The van der Waals surface area contributed by atoms with Gasteiger partial charge in [-0.15, -0.1) is 11.3 Å². The molecule has 8 aromatic carbocycles. The van der Waals surface area contributed by atoms with Crippen LogP contribution in [0, 0.1) is 0 Å². The van der Waals surface area contributed by atoms with Crippen molar-refractivity contribution in [3.05, 3.63) is 176 Å². The molecule has 0 spiro atoms. The molecule has 0 fully saturated rings. The largest absolute Gasteiger partial charge is 0.456 e. The third-order valence-corrected chi connectivity index (χ3v) is 12.1. The summed E-state index contributed by atoms with van der Waals surface area (Å²) in [5.41, 5.74) is 10.4. The van der Waals surface area contributed by atoms with Gasteiger partial charge in [0.05, 0.1) is 5.56 Å². The number of nitrogens with zero attached hydrogens (tertiary/aromatic N) is 3. The number of hydrogen-bond acceptors (Lipinski definition) is 6. The number of benzene rings is 8. The molecule has 0 atom stereocenters. The van der Waals surface area contributed by atoms with Gasteiger partial charge in [-0.25, -0.2) is 15.0 Å². The van der Waals surface area contributed by atoms with Crippen molar-refractivity contribution in [3.8, 4) is 56.4 Å². The Morgan fingerprint density at radius 3 is 1.79 bits per heavy atom. The number of furan rings is 2. The van der Waals surface area contributed by atoms with Crippen molar-refractivity contribution in [2.75, 3.05) is 0 Å². The van der Waals surface area contributed by atoms with Gasteiger partial charge < -0.3 is 8.83 Å². The van der Waals surface area contributed by atoms with E-state index in [1.807, 2.05) is 72.0 Å². The Hall–Kier alpha value is -7.41. The van der Waals surface area contributed by atoms with Crippen LogP contribution >= 0.6 is 11.3 Å². The second kappa shape index (κ2) is 12.6. The zero-order chi connectivity index (χ0) is 37.5. The van der Waals surface area contributed by atoms with E-state index in [4.69, 9.17) is 23.8 Å². The highest BCUT2D eigenvalue weighted by molar-refractivity contribution is 7.25. The predicted octanol–water partition coefficient (Wildman–Crippen LogP) is 14.4. The minimum absolute atomic E-state index is 0.538. The van der Waals surface area contributed by atoms with Crippen molar-refractivity contribution >= 4 is 75.4 Å². The first-order valence-corrected chi connectivity index (χ1v) is 19.7. The summed E-state index contributed by atoms with van der Waals surface area (Å²) in [6.07, 6.45) is 0. The fraction of sp³-hybridized carbons (Fsp3) is 0. The Bertz CT molecular complexity index is 3540. The highest BCUT2D eigenvalue weighted by Crippen LogP contribution is 2.42. The van der Waals surface area contributed by atoms with E-state index in [2.05, 4.69) is 115 Å². The first-order chi connectivity index (χ1) is 28.2. The highest BCUT2D eigenvalue weighted by Gasteiger charge is 2.20. The summed E-state index contributed by atoms with van der Waals surface area (Å²) in [4.78, 5) is 15.5. The fourth-order valence-corrected chi connectivity index (χ4v) is 9.46. The highest BCUT2D eigenvalue weighted by atomic mass is 32.1. The summed E-state index contributed by atoms with van der Waals surface area (Å²) in [5, 5.41) is 6.67. The number of hydrogen-bond donors (Lipinski definition) is 0. The van der Waals surface area contributed by atoms with E-state index in [-0.39, 0.29) is 0 Å². The van der Waals surface area contributed by atoms with Crippen LogP contribution in [-0.4, -0.2) is 15.0 Å². The van der Waals surface area contributed by atoms with Gasteiger partial charge in [0.1, 0.15) is 22.3 Å². The molecule has 0 bridgehead atoms. The Morgan fingerprint density at radius 2 is 0.912 bits per heavy atom. The van der Waals surface area contributed by atoms with E-state index >= 15 is 0 Å². The van der Waals surface area contributed by atoms with E-state index in [1.165, 1.54) is 31.3 Å². The van der Waals surface area contributed by atoms with E-state index < -0.39 is 0 Å². The molecule has 0 N–H and O–H groups in total. The Balaban J connectivity index is 1.00. The minimum Gasteiger partial charge on any atom is -0.456 e. The lowest BCUT2D eigenvalue weighted by molar-refractivity contribution is 0.668. The van der Waals surface area contributed by atoms with E-state index in [0.29, 0.717) is 17.5 Å². The second-order valence-corrected chi connectivity index (χ2v) is 15.4. The average molecular weight is 748 g/mol. The molecule has 6 heteroatoms. The van der Waals surface area contributed by atoms with Crippen LogP contribution in [0.2, 0.25) is 0 Å². The molecule has 12 rings (SSSR count). The molecule has 0 aliphatic carbocycles. The number of thiophene rings is 1. The minimum atomic E-state index is 0.538. The SMILES string of the molecule is c1cc(-c2ccc(-c3nc(-c4cccc5c4oc4ccccc45)nc(-c4cccc5oc6ccccc6c45)n3)cc2)cc(-c2cccc3sc4ccccc4c23)c1. The average Bonchev–Trinajstić information content (AvgIpc) is 3.98.